The Morgan fingerprint density at radius 2 is 2.23 bits per heavy atom. The van der Waals surface area contributed by atoms with Gasteiger partial charge in [-0.15, -0.1) is 0 Å². The minimum Gasteiger partial charge on any atom is -0.376 e. The van der Waals surface area contributed by atoms with Gasteiger partial charge in [-0.05, 0) is 24.4 Å². The molecule has 1 rings (SSSR count). The Morgan fingerprint density at radius 3 is 2.69 bits per heavy atom. The van der Waals surface area contributed by atoms with E-state index < -0.39 is 5.82 Å². The predicted octanol–water partition coefficient (Wildman–Crippen LogP) is 2.90. The molecule has 1 aromatic rings. The molecule has 1 aromatic carbocycles. The molecule has 6 heteroatoms. The molecular weight excluding hydrogens is 279 g/mol. The Hall–Kier alpha value is -0.390. The zero-order valence-corrected chi connectivity index (χ0v) is 9.43. The van der Waals surface area contributed by atoms with Crippen LogP contribution in [-0.2, 0) is 0 Å². The summed E-state index contributed by atoms with van der Waals surface area (Å²) in [6.45, 7) is 0. The number of hydrogen-bond acceptors (Lipinski definition) is 1. The van der Waals surface area contributed by atoms with Crippen LogP contribution in [0.25, 0.3) is 0 Å². The highest BCUT2D eigenvalue weighted by molar-refractivity contribution is 9.10. The molecule has 0 atom stereocenters. The molecule has 0 spiro atoms. The van der Waals surface area contributed by atoms with E-state index in [1.165, 1.54) is 6.07 Å². The van der Waals surface area contributed by atoms with Crippen LogP contribution in [0.2, 0.25) is 5.02 Å². The maximum absolute atomic E-state index is 13.2. The molecule has 3 N–H and O–H groups in total. The van der Waals surface area contributed by atoms with Crippen molar-refractivity contribution in [2.75, 3.05) is 5.32 Å². The van der Waals surface area contributed by atoms with E-state index in [1.807, 2.05) is 0 Å². The van der Waals surface area contributed by atoms with Gasteiger partial charge < -0.3 is 11.1 Å². The van der Waals surface area contributed by atoms with E-state index in [-0.39, 0.29) is 15.8 Å². The van der Waals surface area contributed by atoms with Crippen molar-refractivity contribution in [1.82, 2.24) is 0 Å². The zero-order valence-electron chi connectivity index (χ0n) is 6.27. The molecule has 13 heavy (non-hydrogen) atoms. The molecular formula is C7H5BrClFN2S. The third-order valence-corrected chi connectivity index (χ3v) is 2.11. The van der Waals surface area contributed by atoms with Gasteiger partial charge in [-0.25, -0.2) is 4.39 Å². The monoisotopic (exact) mass is 282 g/mol. The number of anilines is 1. The summed E-state index contributed by atoms with van der Waals surface area (Å²) in [6, 6.07) is 2.82. The molecule has 0 unspecified atom stereocenters. The van der Waals surface area contributed by atoms with Gasteiger partial charge in [-0.3, -0.25) is 0 Å². The van der Waals surface area contributed by atoms with E-state index in [0.717, 1.165) is 0 Å². The number of nitrogens with one attached hydrogen (secondary N) is 1. The second kappa shape index (κ2) is 4.21. The molecule has 0 amide bonds. The first kappa shape index (κ1) is 10.7. The molecule has 0 bridgehead atoms. The SMILES string of the molecule is NC(=S)Nc1c(F)cc(Br)cc1Cl. The highest BCUT2D eigenvalue weighted by Gasteiger charge is 2.08. The Balaban J connectivity index is 3.13. The molecule has 2 nitrogen and oxygen atoms in total. The van der Waals surface area contributed by atoms with Gasteiger partial charge in [0.2, 0.25) is 0 Å². The van der Waals surface area contributed by atoms with Crippen LogP contribution < -0.4 is 11.1 Å². The Bertz CT molecular complexity index is 335. The van der Waals surface area contributed by atoms with Gasteiger partial charge in [0.15, 0.2) is 5.11 Å². The first-order valence-corrected chi connectivity index (χ1v) is 4.79. The highest BCUT2D eigenvalue weighted by Crippen LogP contribution is 2.28. The summed E-state index contributed by atoms with van der Waals surface area (Å²) in [6.07, 6.45) is 0. The van der Waals surface area contributed by atoms with Crippen molar-refractivity contribution in [3.05, 3.63) is 27.4 Å². The largest absolute Gasteiger partial charge is 0.376 e. The number of nitrogens with two attached hydrogens (primary N) is 1. The Labute approximate surface area is 93.4 Å². The van der Waals surface area contributed by atoms with Gasteiger partial charge in [0.25, 0.3) is 0 Å². The lowest BCUT2D eigenvalue weighted by atomic mass is 10.3. The normalized spacial score (nSPS) is 9.77. The van der Waals surface area contributed by atoms with Gasteiger partial charge >= 0.3 is 0 Å². The molecule has 0 aliphatic carbocycles. The van der Waals surface area contributed by atoms with Gasteiger partial charge in [-0.1, -0.05) is 27.5 Å². The summed E-state index contributed by atoms with van der Waals surface area (Å²) in [5.74, 6) is -0.507. The first-order chi connectivity index (χ1) is 6.00. The van der Waals surface area contributed by atoms with Crippen molar-refractivity contribution < 1.29 is 4.39 Å². The van der Waals surface area contributed by atoms with E-state index in [9.17, 15) is 4.39 Å². The van der Waals surface area contributed by atoms with E-state index in [1.54, 1.807) is 6.07 Å². The van der Waals surface area contributed by atoms with Crippen LogP contribution in [0.3, 0.4) is 0 Å². The van der Waals surface area contributed by atoms with Crippen molar-refractivity contribution in [2.24, 2.45) is 5.73 Å². The smallest absolute Gasteiger partial charge is 0.168 e. The quantitative estimate of drug-likeness (QED) is 0.778. The molecule has 0 fully saturated rings. The maximum atomic E-state index is 13.2. The number of thiocarbonyl (C=S) groups is 1. The van der Waals surface area contributed by atoms with Crippen molar-refractivity contribution in [2.45, 2.75) is 0 Å². The summed E-state index contributed by atoms with van der Waals surface area (Å²) >= 11 is 13.4. The minimum absolute atomic E-state index is 0.0249. The Kier molecular flexibility index (Phi) is 3.47. The number of hydrogen-bond donors (Lipinski definition) is 2. The van der Waals surface area contributed by atoms with Crippen molar-refractivity contribution in [3.63, 3.8) is 0 Å². The van der Waals surface area contributed by atoms with Gasteiger partial charge in [0.1, 0.15) is 5.82 Å². The fourth-order valence-corrected chi connectivity index (χ4v) is 1.70. The number of benzene rings is 1. The van der Waals surface area contributed by atoms with Crippen LogP contribution in [0, 0.1) is 5.82 Å². The number of halogens is 3. The lowest BCUT2D eigenvalue weighted by Gasteiger charge is -2.07. The fraction of sp³-hybridized carbons (Fsp3) is 0. The fourth-order valence-electron chi connectivity index (χ4n) is 0.785. The second-order valence-corrected chi connectivity index (χ2v) is 4.00. The molecule has 0 aromatic heterocycles. The third-order valence-electron chi connectivity index (χ3n) is 1.26. The van der Waals surface area contributed by atoms with Crippen LogP contribution in [0.4, 0.5) is 10.1 Å². The highest BCUT2D eigenvalue weighted by atomic mass is 79.9. The van der Waals surface area contributed by atoms with E-state index >= 15 is 0 Å². The second-order valence-electron chi connectivity index (χ2n) is 2.23. The lowest BCUT2D eigenvalue weighted by Crippen LogP contribution is -2.19. The summed E-state index contributed by atoms with van der Waals surface area (Å²) in [5.41, 5.74) is 5.28. The van der Waals surface area contributed by atoms with Gasteiger partial charge in [0, 0.05) is 4.47 Å². The van der Waals surface area contributed by atoms with Crippen molar-refractivity contribution >= 4 is 50.5 Å². The maximum Gasteiger partial charge on any atom is 0.168 e. The topological polar surface area (TPSA) is 38.0 Å². The van der Waals surface area contributed by atoms with Crippen molar-refractivity contribution in [1.29, 1.82) is 0 Å². The summed E-state index contributed by atoms with van der Waals surface area (Å²) in [5, 5.41) is 2.65. The standard InChI is InChI=1S/C7H5BrClFN2S/c8-3-1-4(9)6(5(10)2-3)12-7(11)13/h1-2H,(H3,11,12,13). The average molecular weight is 284 g/mol. The lowest BCUT2D eigenvalue weighted by molar-refractivity contribution is 0.631. The first-order valence-electron chi connectivity index (χ1n) is 3.21. The van der Waals surface area contributed by atoms with Crippen LogP contribution in [-0.4, -0.2) is 5.11 Å². The average Bonchev–Trinajstić information content (AvgIpc) is 1.96. The van der Waals surface area contributed by atoms with Crippen LogP contribution in [0.1, 0.15) is 0 Å². The van der Waals surface area contributed by atoms with Gasteiger partial charge in [-0.2, -0.15) is 0 Å². The van der Waals surface area contributed by atoms with Crippen LogP contribution >= 0.6 is 39.7 Å². The molecule has 0 heterocycles. The molecule has 0 saturated carbocycles. The molecule has 0 radical (unpaired) electrons. The summed E-state index contributed by atoms with van der Waals surface area (Å²) in [4.78, 5) is 0. The van der Waals surface area contributed by atoms with Crippen LogP contribution in [0.5, 0.6) is 0 Å². The Morgan fingerprint density at radius 1 is 1.62 bits per heavy atom. The minimum atomic E-state index is -0.507. The summed E-state index contributed by atoms with van der Waals surface area (Å²) < 4.78 is 13.7. The predicted molar refractivity (Wildman–Crippen MR) is 59.5 cm³/mol. The summed E-state index contributed by atoms with van der Waals surface area (Å²) in [7, 11) is 0. The molecule has 70 valence electrons. The van der Waals surface area contributed by atoms with E-state index in [4.69, 9.17) is 17.3 Å². The van der Waals surface area contributed by atoms with Gasteiger partial charge in [0.05, 0.1) is 10.7 Å². The van der Waals surface area contributed by atoms with E-state index in [0.29, 0.717) is 4.47 Å². The molecule has 0 aliphatic heterocycles. The third kappa shape index (κ3) is 2.79. The molecule has 0 saturated heterocycles. The van der Waals surface area contributed by atoms with Crippen molar-refractivity contribution in [3.8, 4) is 0 Å². The van der Waals surface area contributed by atoms with Crippen LogP contribution in [0.15, 0.2) is 16.6 Å². The van der Waals surface area contributed by atoms with E-state index in [2.05, 4.69) is 33.5 Å². The zero-order chi connectivity index (χ0) is 10.0. The number of rotatable bonds is 1. The molecule has 0 aliphatic rings.